The average Bonchev–Trinajstić information content (AvgIpc) is 3.28. The fraction of sp³-hybridized carbons (Fsp3) is 0.520. The van der Waals surface area contributed by atoms with Crippen molar-refractivity contribution in [3.05, 3.63) is 47.1 Å². The molecule has 7 rings (SSSR count). The Hall–Kier alpha value is -2.14. The largest absolute Gasteiger partial charge is 0.350 e. The molecule has 0 spiro atoms. The molecule has 30 heavy (non-hydrogen) atoms. The molecule has 5 heteroatoms. The summed E-state index contributed by atoms with van der Waals surface area (Å²) < 4.78 is 2.10. The molecule has 2 heterocycles. The van der Waals surface area contributed by atoms with Crippen molar-refractivity contribution in [3.8, 4) is 11.3 Å². The second kappa shape index (κ2) is 6.94. The first-order valence-electron chi connectivity index (χ1n) is 11.4. The molecule has 2 aromatic heterocycles. The number of imidazole rings is 1. The maximum Gasteiger partial charge on any atom is 0.226 e. The number of thiazole rings is 1. The Balaban J connectivity index is 1.20. The molecular formula is C25H29N3OS. The predicted octanol–water partition coefficient (Wildman–Crippen LogP) is 5.25. The summed E-state index contributed by atoms with van der Waals surface area (Å²) in [5, 5.41) is 5.60. The van der Waals surface area contributed by atoms with E-state index in [0.29, 0.717) is 6.42 Å². The summed E-state index contributed by atoms with van der Waals surface area (Å²) in [5.41, 5.74) is 4.57. The zero-order valence-corrected chi connectivity index (χ0v) is 18.4. The number of hydrogen-bond acceptors (Lipinski definition) is 3. The number of fused-ring (bicyclic) bond motifs is 1. The molecule has 4 nitrogen and oxygen atoms in total. The zero-order valence-electron chi connectivity index (χ0n) is 17.6. The second-order valence-corrected chi connectivity index (χ2v) is 10.8. The average molecular weight is 420 g/mol. The van der Waals surface area contributed by atoms with E-state index in [4.69, 9.17) is 4.98 Å². The number of aromatic nitrogens is 2. The van der Waals surface area contributed by atoms with E-state index in [1.54, 1.807) is 11.3 Å². The molecule has 1 amide bonds. The molecule has 0 aliphatic heterocycles. The number of amides is 1. The lowest BCUT2D eigenvalue weighted by Gasteiger charge is -2.56. The van der Waals surface area contributed by atoms with Crippen LogP contribution in [0.2, 0.25) is 0 Å². The summed E-state index contributed by atoms with van der Waals surface area (Å²) >= 11 is 1.62. The van der Waals surface area contributed by atoms with Gasteiger partial charge < -0.3 is 5.32 Å². The van der Waals surface area contributed by atoms with E-state index in [1.165, 1.54) is 44.1 Å². The molecule has 4 saturated carbocycles. The van der Waals surface area contributed by atoms with Crippen molar-refractivity contribution in [2.75, 3.05) is 0 Å². The molecule has 0 unspecified atom stereocenters. The van der Waals surface area contributed by atoms with E-state index in [0.717, 1.165) is 46.1 Å². The van der Waals surface area contributed by atoms with Crippen LogP contribution in [-0.4, -0.2) is 20.8 Å². The molecule has 0 atom stereocenters. The summed E-state index contributed by atoms with van der Waals surface area (Å²) in [6, 6.07) is 8.63. The van der Waals surface area contributed by atoms with Gasteiger partial charge in [-0.15, -0.1) is 11.3 Å². The molecule has 156 valence electrons. The van der Waals surface area contributed by atoms with Crippen LogP contribution >= 0.6 is 11.3 Å². The topological polar surface area (TPSA) is 46.4 Å². The molecule has 4 aliphatic carbocycles. The Morgan fingerprint density at radius 2 is 1.80 bits per heavy atom. The van der Waals surface area contributed by atoms with E-state index in [-0.39, 0.29) is 11.4 Å². The summed E-state index contributed by atoms with van der Waals surface area (Å²) in [4.78, 5) is 18.8. The zero-order chi connectivity index (χ0) is 20.3. The van der Waals surface area contributed by atoms with Gasteiger partial charge in [-0.25, -0.2) is 4.98 Å². The normalized spacial score (nSPS) is 29.6. The third-order valence-electron chi connectivity index (χ3n) is 7.73. The highest BCUT2D eigenvalue weighted by Crippen LogP contribution is 2.55. The number of rotatable bonds is 5. The van der Waals surface area contributed by atoms with Gasteiger partial charge in [-0.2, -0.15) is 0 Å². The molecule has 0 radical (unpaired) electrons. The highest BCUT2D eigenvalue weighted by atomic mass is 32.1. The van der Waals surface area contributed by atoms with Crippen LogP contribution in [0.4, 0.5) is 0 Å². The van der Waals surface area contributed by atoms with Crippen molar-refractivity contribution >= 4 is 22.2 Å². The summed E-state index contributed by atoms with van der Waals surface area (Å²) in [6.07, 6.45) is 11.4. The Bertz CT molecular complexity index is 1060. The van der Waals surface area contributed by atoms with Crippen molar-refractivity contribution < 1.29 is 4.79 Å². The Kier molecular flexibility index (Phi) is 4.31. The minimum absolute atomic E-state index is 0.0854. The standard InChI is InChI=1S/C25H29N3OS/c1-2-16-3-5-20(6-4-16)22-14-28-21(15-30-24(28)26-22)10-23(29)27-25-11-17-7-18(12-25)9-19(8-17)13-25/h3-6,14-15,17-19H,2,7-13H2,1H3,(H,27,29). The van der Waals surface area contributed by atoms with Gasteiger partial charge >= 0.3 is 0 Å². The van der Waals surface area contributed by atoms with E-state index in [1.807, 2.05) is 0 Å². The van der Waals surface area contributed by atoms with Crippen LogP contribution in [0.3, 0.4) is 0 Å². The minimum atomic E-state index is 0.0854. The number of hydrogen-bond donors (Lipinski definition) is 1. The minimum Gasteiger partial charge on any atom is -0.350 e. The Morgan fingerprint density at radius 1 is 1.13 bits per heavy atom. The monoisotopic (exact) mass is 419 g/mol. The van der Waals surface area contributed by atoms with Gasteiger partial charge in [0.2, 0.25) is 5.91 Å². The van der Waals surface area contributed by atoms with Crippen molar-refractivity contribution in [1.29, 1.82) is 0 Å². The highest BCUT2D eigenvalue weighted by Gasteiger charge is 2.51. The van der Waals surface area contributed by atoms with Gasteiger partial charge in [0.1, 0.15) is 0 Å². The second-order valence-electron chi connectivity index (χ2n) is 9.98. The smallest absolute Gasteiger partial charge is 0.226 e. The van der Waals surface area contributed by atoms with Gasteiger partial charge in [0.15, 0.2) is 4.96 Å². The number of nitrogens with one attached hydrogen (secondary N) is 1. The fourth-order valence-electron chi connectivity index (χ4n) is 6.78. The van der Waals surface area contributed by atoms with Gasteiger partial charge in [-0.1, -0.05) is 31.2 Å². The third kappa shape index (κ3) is 3.18. The Morgan fingerprint density at radius 3 is 2.43 bits per heavy atom. The van der Waals surface area contributed by atoms with Gasteiger partial charge in [-0.3, -0.25) is 9.20 Å². The molecule has 3 aromatic rings. The number of benzene rings is 1. The van der Waals surface area contributed by atoms with Crippen molar-refractivity contribution in [2.24, 2.45) is 17.8 Å². The molecular weight excluding hydrogens is 390 g/mol. The number of nitrogens with zero attached hydrogens (tertiary/aromatic N) is 2. The SMILES string of the molecule is CCc1ccc(-c2cn3c(CC(=O)NC45CC6CC(CC(C6)C4)C5)csc3n2)cc1. The van der Waals surface area contributed by atoms with Gasteiger partial charge in [-0.05, 0) is 68.3 Å². The van der Waals surface area contributed by atoms with Crippen molar-refractivity contribution in [2.45, 2.75) is 63.8 Å². The van der Waals surface area contributed by atoms with Crippen LogP contribution in [0.25, 0.3) is 16.2 Å². The number of carbonyl (C=O) groups excluding carboxylic acids is 1. The lowest BCUT2D eigenvalue weighted by atomic mass is 9.53. The van der Waals surface area contributed by atoms with Crippen molar-refractivity contribution in [1.82, 2.24) is 14.7 Å². The predicted molar refractivity (Wildman–Crippen MR) is 121 cm³/mol. The summed E-state index contributed by atoms with van der Waals surface area (Å²) in [6.45, 7) is 2.17. The van der Waals surface area contributed by atoms with Crippen LogP contribution < -0.4 is 5.32 Å². The van der Waals surface area contributed by atoms with E-state index in [9.17, 15) is 4.79 Å². The van der Waals surface area contributed by atoms with Gasteiger partial charge in [0.25, 0.3) is 0 Å². The molecule has 4 aliphatic rings. The first-order valence-corrected chi connectivity index (χ1v) is 12.3. The molecule has 4 fully saturated rings. The molecule has 1 N–H and O–H groups in total. The lowest BCUT2D eigenvalue weighted by molar-refractivity contribution is -0.126. The van der Waals surface area contributed by atoms with Crippen LogP contribution in [0.5, 0.6) is 0 Å². The maximum absolute atomic E-state index is 13.0. The molecule has 0 saturated heterocycles. The lowest BCUT2D eigenvalue weighted by Crippen LogP contribution is -2.60. The third-order valence-corrected chi connectivity index (χ3v) is 8.61. The molecule has 1 aromatic carbocycles. The maximum atomic E-state index is 13.0. The molecule has 4 bridgehead atoms. The van der Waals surface area contributed by atoms with E-state index in [2.05, 4.69) is 52.5 Å². The van der Waals surface area contributed by atoms with Crippen molar-refractivity contribution in [3.63, 3.8) is 0 Å². The van der Waals surface area contributed by atoms with Gasteiger partial charge in [0, 0.05) is 28.4 Å². The van der Waals surface area contributed by atoms with E-state index >= 15 is 0 Å². The first-order chi connectivity index (χ1) is 14.6. The van der Waals surface area contributed by atoms with Crippen LogP contribution in [0.15, 0.2) is 35.8 Å². The van der Waals surface area contributed by atoms with Crippen LogP contribution in [0.1, 0.15) is 56.7 Å². The number of aryl methyl sites for hydroxylation is 1. The van der Waals surface area contributed by atoms with E-state index < -0.39 is 0 Å². The highest BCUT2D eigenvalue weighted by molar-refractivity contribution is 7.15. The Labute approximate surface area is 181 Å². The summed E-state index contributed by atoms with van der Waals surface area (Å²) in [5.74, 6) is 2.72. The van der Waals surface area contributed by atoms with Crippen LogP contribution in [-0.2, 0) is 17.6 Å². The van der Waals surface area contributed by atoms with Crippen LogP contribution in [0, 0.1) is 17.8 Å². The van der Waals surface area contributed by atoms with Gasteiger partial charge in [0.05, 0.1) is 12.1 Å². The fourth-order valence-corrected chi connectivity index (χ4v) is 7.65. The quantitative estimate of drug-likeness (QED) is 0.614. The summed E-state index contributed by atoms with van der Waals surface area (Å²) in [7, 11) is 0. The first kappa shape index (κ1) is 18.6. The number of carbonyl (C=O) groups is 1.